The summed E-state index contributed by atoms with van der Waals surface area (Å²) >= 11 is 8.38. The highest BCUT2D eigenvalue weighted by Gasteiger charge is 2.19. The number of halogens is 4. The van der Waals surface area contributed by atoms with Crippen LogP contribution in [0.25, 0.3) is 0 Å². The van der Waals surface area contributed by atoms with E-state index in [2.05, 4.69) is 22.6 Å². The summed E-state index contributed by atoms with van der Waals surface area (Å²) in [5.41, 5.74) is 1.23. The first-order chi connectivity index (χ1) is 8.50. The molecule has 2 rings (SSSR count). The van der Waals surface area contributed by atoms with Gasteiger partial charge in [0.1, 0.15) is 11.6 Å². The highest BCUT2D eigenvalue weighted by Crippen LogP contribution is 2.34. The van der Waals surface area contributed by atoms with Gasteiger partial charge in [0.25, 0.3) is 0 Å². The largest absolute Gasteiger partial charge is 0.207 e. The van der Waals surface area contributed by atoms with E-state index in [9.17, 15) is 8.78 Å². The first-order valence-corrected chi connectivity index (χ1v) is 6.86. The van der Waals surface area contributed by atoms with Crippen molar-refractivity contribution in [1.82, 2.24) is 0 Å². The number of rotatable bonds is 2. The molecule has 0 bridgehead atoms. The van der Waals surface area contributed by atoms with Crippen molar-refractivity contribution in [3.05, 3.63) is 68.3 Å². The lowest BCUT2D eigenvalue weighted by molar-refractivity contribution is 0.580. The molecule has 0 amide bonds. The smallest absolute Gasteiger partial charge is 0.128 e. The predicted octanol–water partition coefficient (Wildman–Crippen LogP) is 5.21. The molecule has 2 aromatic carbocycles. The van der Waals surface area contributed by atoms with Crippen LogP contribution in [0.15, 0.2) is 36.4 Å². The fourth-order valence-corrected chi connectivity index (χ4v) is 2.94. The van der Waals surface area contributed by atoms with E-state index >= 15 is 0 Å². The van der Waals surface area contributed by atoms with Gasteiger partial charge < -0.3 is 0 Å². The van der Waals surface area contributed by atoms with E-state index in [-0.39, 0.29) is 11.1 Å². The number of benzene rings is 2. The molecule has 94 valence electrons. The Bertz CT molecular complexity index is 584. The predicted molar refractivity (Wildman–Crippen MR) is 78.0 cm³/mol. The maximum atomic E-state index is 13.8. The highest BCUT2D eigenvalue weighted by atomic mass is 127. The van der Waals surface area contributed by atoms with E-state index in [1.54, 1.807) is 0 Å². The lowest BCUT2D eigenvalue weighted by Crippen LogP contribution is -2.01. The molecule has 0 aliphatic heterocycles. The van der Waals surface area contributed by atoms with Crippen LogP contribution in [0.4, 0.5) is 8.78 Å². The minimum Gasteiger partial charge on any atom is -0.207 e. The summed E-state index contributed by atoms with van der Waals surface area (Å²) < 4.78 is 28.3. The van der Waals surface area contributed by atoms with Gasteiger partial charge in [-0.05, 0) is 58.8 Å². The molecule has 1 atom stereocenters. The standard InChI is InChI=1S/C14H10ClF2I/c1-8-6-12(17)10(7-11(8)16)14(15)9-4-2-3-5-13(9)18/h2-7,14H,1H3. The maximum Gasteiger partial charge on any atom is 0.128 e. The van der Waals surface area contributed by atoms with Crippen LogP contribution in [0.3, 0.4) is 0 Å². The molecule has 0 saturated heterocycles. The third-order valence-electron chi connectivity index (χ3n) is 2.73. The number of hydrogen-bond donors (Lipinski definition) is 0. The Morgan fingerprint density at radius 3 is 2.39 bits per heavy atom. The Kier molecular flexibility index (Phi) is 4.22. The summed E-state index contributed by atoms with van der Waals surface area (Å²) in [6, 6.07) is 9.75. The van der Waals surface area contributed by atoms with E-state index in [0.29, 0.717) is 0 Å². The van der Waals surface area contributed by atoms with Crippen LogP contribution >= 0.6 is 34.2 Å². The summed E-state index contributed by atoms with van der Waals surface area (Å²) in [4.78, 5) is 0. The van der Waals surface area contributed by atoms with Gasteiger partial charge in [0, 0.05) is 9.13 Å². The average Bonchev–Trinajstić information content (AvgIpc) is 2.33. The van der Waals surface area contributed by atoms with E-state index in [4.69, 9.17) is 11.6 Å². The van der Waals surface area contributed by atoms with Gasteiger partial charge in [-0.25, -0.2) is 8.78 Å². The second-order valence-electron chi connectivity index (χ2n) is 4.01. The van der Waals surface area contributed by atoms with Crippen molar-refractivity contribution in [2.75, 3.05) is 0 Å². The zero-order valence-corrected chi connectivity index (χ0v) is 12.5. The molecule has 18 heavy (non-hydrogen) atoms. The van der Waals surface area contributed by atoms with Crippen molar-refractivity contribution in [2.24, 2.45) is 0 Å². The first kappa shape index (κ1) is 13.7. The van der Waals surface area contributed by atoms with Crippen molar-refractivity contribution >= 4 is 34.2 Å². The van der Waals surface area contributed by atoms with Crippen LogP contribution in [-0.4, -0.2) is 0 Å². The van der Waals surface area contributed by atoms with Gasteiger partial charge >= 0.3 is 0 Å². The summed E-state index contributed by atoms with van der Waals surface area (Å²) in [5, 5.41) is -0.687. The topological polar surface area (TPSA) is 0 Å². The first-order valence-electron chi connectivity index (χ1n) is 5.34. The van der Waals surface area contributed by atoms with Crippen molar-refractivity contribution in [1.29, 1.82) is 0 Å². The SMILES string of the molecule is Cc1cc(F)c(C(Cl)c2ccccc2I)cc1F. The fourth-order valence-electron chi connectivity index (χ4n) is 1.70. The summed E-state index contributed by atoms with van der Waals surface area (Å²) in [6.07, 6.45) is 0. The molecule has 0 fully saturated rings. The van der Waals surface area contributed by atoms with E-state index in [0.717, 1.165) is 9.13 Å². The molecule has 0 heterocycles. The fraction of sp³-hybridized carbons (Fsp3) is 0.143. The summed E-state index contributed by atoms with van der Waals surface area (Å²) in [7, 11) is 0. The summed E-state index contributed by atoms with van der Waals surface area (Å²) in [5.74, 6) is -0.920. The number of hydrogen-bond acceptors (Lipinski definition) is 0. The molecule has 2 aromatic rings. The van der Waals surface area contributed by atoms with Gasteiger partial charge in [0.05, 0.1) is 5.38 Å². The van der Waals surface area contributed by atoms with Gasteiger partial charge in [-0.1, -0.05) is 18.2 Å². The van der Waals surface area contributed by atoms with E-state index in [1.165, 1.54) is 19.1 Å². The van der Waals surface area contributed by atoms with Gasteiger partial charge in [0.15, 0.2) is 0 Å². The van der Waals surface area contributed by atoms with Crippen LogP contribution in [0.1, 0.15) is 22.1 Å². The van der Waals surface area contributed by atoms with E-state index in [1.807, 2.05) is 24.3 Å². The molecule has 0 saturated carbocycles. The van der Waals surface area contributed by atoms with Crippen molar-refractivity contribution in [3.63, 3.8) is 0 Å². The quantitative estimate of drug-likeness (QED) is 0.497. The zero-order chi connectivity index (χ0) is 13.3. The Hall–Kier alpha value is -0.680. The normalized spacial score (nSPS) is 12.5. The molecule has 0 aliphatic rings. The van der Waals surface area contributed by atoms with Gasteiger partial charge in [-0.2, -0.15) is 0 Å². The van der Waals surface area contributed by atoms with Crippen molar-refractivity contribution < 1.29 is 8.78 Å². The van der Waals surface area contributed by atoms with Gasteiger partial charge in [-0.3, -0.25) is 0 Å². The molecular weight excluding hydrogens is 369 g/mol. The molecule has 0 aromatic heterocycles. The maximum absolute atomic E-state index is 13.8. The Morgan fingerprint density at radius 1 is 1.06 bits per heavy atom. The minimum atomic E-state index is -0.687. The second kappa shape index (κ2) is 5.53. The molecule has 0 nitrogen and oxygen atoms in total. The van der Waals surface area contributed by atoms with Gasteiger partial charge in [-0.15, -0.1) is 11.6 Å². The number of aryl methyl sites for hydroxylation is 1. The number of alkyl halides is 1. The second-order valence-corrected chi connectivity index (χ2v) is 5.61. The molecule has 0 spiro atoms. The molecule has 0 aliphatic carbocycles. The van der Waals surface area contributed by atoms with Crippen LogP contribution in [0.5, 0.6) is 0 Å². The average molecular weight is 379 g/mol. The lowest BCUT2D eigenvalue weighted by Gasteiger charge is -2.14. The Morgan fingerprint density at radius 2 is 1.72 bits per heavy atom. The highest BCUT2D eigenvalue weighted by molar-refractivity contribution is 14.1. The third kappa shape index (κ3) is 2.67. The third-order valence-corrected chi connectivity index (χ3v) is 4.18. The molecule has 4 heteroatoms. The van der Waals surface area contributed by atoms with E-state index < -0.39 is 17.0 Å². The molecule has 0 radical (unpaired) electrons. The molecular formula is C14H10ClF2I. The van der Waals surface area contributed by atoms with Crippen LogP contribution in [0.2, 0.25) is 0 Å². The summed E-state index contributed by atoms with van der Waals surface area (Å²) in [6.45, 7) is 1.53. The Balaban J connectivity index is 2.50. The van der Waals surface area contributed by atoms with Crippen molar-refractivity contribution in [2.45, 2.75) is 12.3 Å². The van der Waals surface area contributed by atoms with Crippen LogP contribution in [-0.2, 0) is 0 Å². The Labute approximate surface area is 123 Å². The van der Waals surface area contributed by atoms with Crippen molar-refractivity contribution in [3.8, 4) is 0 Å². The lowest BCUT2D eigenvalue weighted by atomic mass is 10.0. The molecule has 0 N–H and O–H groups in total. The minimum absolute atomic E-state index is 0.170. The van der Waals surface area contributed by atoms with Crippen LogP contribution < -0.4 is 0 Å². The monoisotopic (exact) mass is 378 g/mol. The zero-order valence-electron chi connectivity index (χ0n) is 9.55. The molecule has 1 unspecified atom stereocenters. The van der Waals surface area contributed by atoms with Crippen LogP contribution in [0, 0.1) is 22.1 Å². The van der Waals surface area contributed by atoms with Gasteiger partial charge in [0.2, 0.25) is 0 Å².